The molecule has 8 heteroatoms. The van der Waals surface area contributed by atoms with Crippen molar-refractivity contribution in [2.75, 3.05) is 19.0 Å². The number of benzene rings is 2. The number of nitrogens with zero attached hydrogens (tertiary/aromatic N) is 2. The zero-order valence-corrected chi connectivity index (χ0v) is 17.6. The largest absolute Gasteiger partial charge is 0.497 e. The van der Waals surface area contributed by atoms with Crippen molar-refractivity contribution in [3.05, 3.63) is 89.2 Å². The number of carbonyl (C=O) groups excluding carboxylic acids is 2. The Morgan fingerprint density at radius 1 is 1.06 bits per heavy atom. The number of aliphatic hydroxyl groups excluding tert-OH is 1. The van der Waals surface area contributed by atoms with E-state index in [9.17, 15) is 14.7 Å². The molecule has 1 aromatic heterocycles. The number of rotatable bonds is 6. The van der Waals surface area contributed by atoms with E-state index in [1.807, 2.05) is 6.07 Å². The molecule has 32 heavy (non-hydrogen) atoms. The fourth-order valence-corrected chi connectivity index (χ4v) is 3.58. The van der Waals surface area contributed by atoms with Crippen molar-refractivity contribution in [1.82, 2.24) is 15.2 Å². The fraction of sp³-hybridized carbons (Fsp3) is 0.208. The Balaban J connectivity index is 1.35. The Labute approximate surface area is 185 Å². The lowest BCUT2D eigenvalue weighted by atomic mass is 10.1. The molecule has 2 aromatic carbocycles. The first-order valence-electron chi connectivity index (χ1n) is 10.2. The van der Waals surface area contributed by atoms with Gasteiger partial charge in [0, 0.05) is 36.7 Å². The molecule has 0 bridgehead atoms. The van der Waals surface area contributed by atoms with E-state index >= 15 is 0 Å². The summed E-state index contributed by atoms with van der Waals surface area (Å²) in [6, 6.07) is 14.9. The summed E-state index contributed by atoms with van der Waals surface area (Å²) in [7, 11) is 1.58. The number of ether oxygens (including phenoxy) is 1. The number of aromatic nitrogens is 1. The molecule has 2 heterocycles. The quantitative estimate of drug-likeness (QED) is 0.555. The third-order valence-corrected chi connectivity index (χ3v) is 5.42. The maximum atomic E-state index is 12.6. The lowest BCUT2D eigenvalue weighted by Crippen LogP contribution is -2.31. The zero-order valence-electron chi connectivity index (χ0n) is 17.6. The summed E-state index contributed by atoms with van der Waals surface area (Å²) >= 11 is 0. The van der Waals surface area contributed by atoms with E-state index in [-0.39, 0.29) is 18.5 Å². The van der Waals surface area contributed by atoms with Gasteiger partial charge in [0.05, 0.1) is 19.8 Å². The minimum absolute atomic E-state index is 0.210. The normalized spacial score (nSPS) is 13.2. The molecular weight excluding hydrogens is 408 g/mol. The highest BCUT2D eigenvalue weighted by Crippen LogP contribution is 2.23. The van der Waals surface area contributed by atoms with Gasteiger partial charge < -0.3 is 25.4 Å². The van der Waals surface area contributed by atoms with Crippen molar-refractivity contribution in [1.29, 1.82) is 0 Å². The van der Waals surface area contributed by atoms with Gasteiger partial charge in [-0.2, -0.15) is 0 Å². The molecule has 1 atom stereocenters. The van der Waals surface area contributed by atoms with Crippen LogP contribution in [0.25, 0.3) is 0 Å². The SMILES string of the molecule is COc1ccc(C(CO)NC(=O)c2ccc(NC(=O)N3Cc4ccncc4C3)cc2)cc1. The molecule has 1 aliphatic heterocycles. The third kappa shape index (κ3) is 4.70. The summed E-state index contributed by atoms with van der Waals surface area (Å²) in [6.45, 7) is 0.821. The molecule has 3 aromatic rings. The van der Waals surface area contributed by atoms with Crippen molar-refractivity contribution < 1.29 is 19.4 Å². The van der Waals surface area contributed by atoms with Gasteiger partial charge in [-0.15, -0.1) is 0 Å². The van der Waals surface area contributed by atoms with Crippen LogP contribution in [-0.4, -0.2) is 40.6 Å². The molecule has 8 nitrogen and oxygen atoms in total. The van der Waals surface area contributed by atoms with Gasteiger partial charge >= 0.3 is 6.03 Å². The van der Waals surface area contributed by atoms with Crippen molar-refractivity contribution in [3.8, 4) is 5.75 Å². The van der Waals surface area contributed by atoms with Gasteiger partial charge in [0.2, 0.25) is 0 Å². The first-order valence-corrected chi connectivity index (χ1v) is 10.2. The van der Waals surface area contributed by atoms with Gasteiger partial charge in [-0.05, 0) is 59.2 Å². The number of urea groups is 1. The number of nitrogens with one attached hydrogen (secondary N) is 2. The van der Waals surface area contributed by atoms with E-state index in [1.54, 1.807) is 72.9 Å². The molecular formula is C24H24N4O4. The maximum absolute atomic E-state index is 12.6. The van der Waals surface area contributed by atoms with E-state index in [4.69, 9.17) is 4.74 Å². The fourth-order valence-electron chi connectivity index (χ4n) is 3.58. The average Bonchev–Trinajstić information content (AvgIpc) is 3.27. The summed E-state index contributed by atoms with van der Waals surface area (Å²) in [5.41, 5.74) is 3.93. The molecule has 3 amide bonds. The first-order chi connectivity index (χ1) is 15.6. The highest BCUT2D eigenvalue weighted by atomic mass is 16.5. The number of anilines is 1. The van der Waals surface area contributed by atoms with E-state index < -0.39 is 6.04 Å². The van der Waals surface area contributed by atoms with Crippen LogP contribution in [-0.2, 0) is 13.1 Å². The smallest absolute Gasteiger partial charge is 0.322 e. The highest BCUT2D eigenvalue weighted by molar-refractivity contribution is 5.95. The van der Waals surface area contributed by atoms with Crippen LogP contribution in [0.1, 0.15) is 33.1 Å². The molecule has 0 aliphatic carbocycles. The van der Waals surface area contributed by atoms with Crippen molar-refractivity contribution in [2.45, 2.75) is 19.1 Å². The second-order valence-corrected chi connectivity index (χ2v) is 7.49. The Morgan fingerprint density at radius 2 is 1.78 bits per heavy atom. The second-order valence-electron chi connectivity index (χ2n) is 7.49. The Kier molecular flexibility index (Phi) is 6.32. The number of methoxy groups -OCH3 is 1. The summed E-state index contributed by atoms with van der Waals surface area (Å²) in [5, 5.41) is 15.4. The minimum atomic E-state index is -0.543. The second kappa shape index (κ2) is 9.49. The van der Waals surface area contributed by atoms with Gasteiger partial charge in [0.1, 0.15) is 5.75 Å². The zero-order chi connectivity index (χ0) is 22.5. The van der Waals surface area contributed by atoms with Crippen LogP contribution in [0.5, 0.6) is 5.75 Å². The van der Waals surface area contributed by atoms with Gasteiger partial charge in [0.25, 0.3) is 5.91 Å². The number of hydrogen-bond donors (Lipinski definition) is 3. The number of fused-ring (bicyclic) bond motifs is 1. The van der Waals surface area contributed by atoms with Crippen LogP contribution >= 0.6 is 0 Å². The Morgan fingerprint density at radius 3 is 2.44 bits per heavy atom. The number of amides is 3. The molecule has 3 N–H and O–H groups in total. The van der Waals surface area contributed by atoms with Crippen LogP contribution in [0.2, 0.25) is 0 Å². The summed E-state index contributed by atoms with van der Waals surface area (Å²) < 4.78 is 5.13. The summed E-state index contributed by atoms with van der Waals surface area (Å²) in [6.07, 6.45) is 3.50. The number of pyridine rings is 1. The highest BCUT2D eigenvalue weighted by Gasteiger charge is 2.23. The van der Waals surface area contributed by atoms with Crippen LogP contribution < -0.4 is 15.4 Å². The van der Waals surface area contributed by atoms with Gasteiger partial charge in [-0.3, -0.25) is 9.78 Å². The molecule has 1 unspecified atom stereocenters. The van der Waals surface area contributed by atoms with Crippen LogP contribution in [0.3, 0.4) is 0 Å². The summed E-state index contributed by atoms with van der Waals surface area (Å²) in [4.78, 5) is 31.0. The van der Waals surface area contributed by atoms with Crippen LogP contribution in [0.15, 0.2) is 67.0 Å². The number of aliphatic hydroxyl groups is 1. The van der Waals surface area contributed by atoms with E-state index in [0.29, 0.717) is 30.1 Å². The van der Waals surface area contributed by atoms with E-state index in [2.05, 4.69) is 15.6 Å². The van der Waals surface area contributed by atoms with Gasteiger partial charge in [0.15, 0.2) is 0 Å². The van der Waals surface area contributed by atoms with Crippen LogP contribution in [0, 0.1) is 0 Å². The van der Waals surface area contributed by atoms with Crippen molar-refractivity contribution in [3.63, 3.8) is 0 Å². The van der Waals surface area contributed by atoms with Gasteiger partial charge in [-0.1, -0.05) is 12.1 Å². The Hall–Kier alpha value is -3.91. The number of carbonyl (C=O) groups is 2. The minimum Gasteiger partial charge on any atom is -0.497 e. The van der Waals surface area contributed by atoms with Gasteiger partial charge in [-0.25, -0.2) is 4.79 Å². The first kappa shape index (κ1) is 21.3. The lowest BCUT2D eigenvalue weighted by Gasteiger charge is -2.18. The molecule has 0 spiro atoms. The van der Waals surface area contributed by atoms with Crippen molar-refractivity contribution in [2.24, 2.45) is 0 Å². The third-order valence-electron chi connectivity index (χ3n) is 5.42. The lowest BCUT2D eigenvalue weighted by molar-refractivity contribution is 0.0916. The van der Waals surface area contributed by atoms with E-state index in [0.717, 1.165) is 16.7 Å². The molecule has 0 saturated heterocycles. The maximum Gasteiger partial charge on any atom is 0.322 e. The molecule has 0 fully saturated rings. The molecule has 0 saturated carbocycles. The van der Waals surface area contributed by atoms with Crippen LogP contribution in [0.4, 0.5) is 10.5 Å². The average molecular weight is 432 g/mol. The monoisotopic (exact) mass is 432 g/mol. The van der Waals surface area contributed by atoms with Crippen molar-refractivity contribution >= 4 is 17.6 Å². The predicted molar refractivity (Wildman–Crippen MR) is 119 cm³/mol. The molecule has 4 rings (SSSR count). The topological polar surface area (TPSA) is 104 Å². The summed E-state index contributed by atoms with van der Waals surface area (Å²) in [5.74, 6) is 0.379. The molecule has 164 valence electrons. The standard InChI is InChI=1S/C24H24N4O4/c1-32-21-8-4-16(5-9-21)22(15-29)27-23(30)17-2-6-20(7-3-17)26-24(31)28-13-18-10-11-25-12-19(18)14-28/h2-12,22,29H,13-15H2,1H3,(H,26,31)(H,27,30). The Bertz CT molecular complexity index is 1070. The predicted octanol–water partition coefficient (Wildman–Crippen LogP) is 3.10. The molecule has 0 radical (unpaired) electrons. The molecule has 1 aliphatic rings. The number of hydrogen-bond acceptors (Lipinski definition) is 5. The van der Waals surface area contributed by atoms with E-state index in [1.165, 1.54) is 0 Å².